The van der Waals surface area contributed by atoms with Gasteiger partial charge in [0.2, 0.25) is 0 Å². The molecule has 0 spiro atoms. The van der Waals surface area contributed by atoms with Gasteiger partial charge in [0.25, 0.3) is 0 Å². The molecule has 0 aromatic heterocycles. The molecule has 0 aromatic rings. The molecular weight excluding hydrogens is 512 g/mol. The van der Waals surface area contributed by atoms with E-state index in [0.717, 1.165) is 49.2 Å². The van der Waals surface area contributed by atoms with Crippen LogP contribution in [0, 0.1) is 40.4 Å². The first-order valence-corrected chi connectivity index (χ1v) is 19.6. The Morgan fingerprint density at radius 3 is 2.12 bits per heavy atom. The van der Waals surface area contributed by atoms with Crippen molar-refractivity contribution in [2.24, 2.45) is 46.2 Å². The first-order chi connectivity index (χ1) is 20.6. The highest BCUT2D eigenvalue weighted by atomic mass is 16.5. The molecule has 3 nitrogen and oxygen atoms in total. The number of unbranched alkanes of at least 4 members (excludes halogenated alkanes) is 11. The van der Waals surface area contributed by atoms with Crippen LogP contribution in [0.4, 0.5) is 0 Å². The second-order valence-corrected chi connectivity index (χ2v) is 16.1. The van der Waals surface area contributed by atoms with Gasteiger partial charge >= 0.3 is 0 Å². The Bertz CT molecular complexity index is 727. The van der Waals surface area contributed by atoms with Crippen LogP contribution in [0.1, 0.15) is 175 Å². The number of rotatable bonds is 21. The largest absolute Gasteiger partial charge is 0.378 e. The molecule has 4 fully saturated rings. The number of hydrogen-bond acceptors (Lipinski definition) is 3. The zero-order valence-electron chi connectivity index (χ0n) is 28.7. The third-order valence-corrected chi connectivity index (χ3v) is 13.6. The van der Waals surface area contributed by atoms with Crippen molar-refractivity contribution in [2.45, 2.75) is 181 Å². The van der Waals surface area contributed by atoms with Crippen molar-refractivity contribution in [1.82, 2.24) is 5.32 Å². The van der Waals surface area contributed by atoms with Crippen LogP contribution >= 0.6 is 0 Å². The summed E-state index contributed by atoms with van der Waals surface area (Å²) in [6.07, 6.45) is 34.6. The molecule has 4 saturated carbocycles. The molecule has 0 aliphatic heterocycles. The molecular formula is C39H74N2O. The fourth-order valence-corrected chi connectivity index (χ4v) is 11.1. The van der Waals surface area contributed by atoms with Crippen LogP contribution in [-0.2, 0) is 4.74 Å². The highest BCUT2D eigenvalue weighted by Gasteiger charge is 2.63. The van der Waals surface area contributed by atoms with Crippen molar-refractivity contribution in [3.05, 3.63) is 0 Å². The molecule has 4 aliphatic carbocycles. The molecule has 246 valence electrons. The summed E-state index contributed by atoms with van der Waals surface area (Å²) in [5, 5.41) is 3.78. The Labute approximate surface area is 263 Å². The Morgan fingerprint density at radius 1 is 0.714 bits per heavy atom. The molecule has 3 heteroatoms. The van der Waals surface area contributed by atoms with Gasteiger partial charge < -0.3 is 15.8 Å². The Balaban J connectivity index is 1.15. The van der Waals surface area contributed by atoms with E-state index < -0.39 is 0 Å². The molecule has 4 rings (SSSR count). The average Bonchev–Trinajstić information content (AvgIpc) is 3.34. The van der Waals surface area contributed by atoms with E-state index in [1.165, 1.54) is 161 Å². The molecule has 0 bridgehead atoms. The minimum Gasteiger partial charge on any atom is -0.378 e. The van der Waals surface area contributed by atoms with Crippen LogP contribution < -0.4 is 11.1 Å². The number of nitrogens with two attached hydrogens (primary N) is 1. The van der Waals surface area contributed by atoms with Crippen molar-refractivity contribution in [3.63, 3.8) is 0 Å². The first-order valence-electron chi connectivity index (χ1n) is 19.6. The number of fused-ring (bicyclic) bond motifs is 5. The summed E-state index contributed by atoms with van der Waals surface area (Å²) in [5.41, 5.74) is 6.88. The second kappa shape index (κ2) is 18.1. The van der Waals surface area contributed by atoms with Gasteiger partial charge in [0.1, 0.15) is 0 Å². The third kappa shape index (κ3) is 8.78. The third-order valence-electron chi connectivity index (χ3n) is 13.6. The number of ether oxygens (including phenoxy) is 1. The minimum atomic E-state index is 0.385. The summed E-state index contributed by atoms with van der Waals surface area (Å²) in [6, 6.07) is 0. The van der Waals surface area contributed by atoms with Crippen molar-refractivity contribution < 1.29 is 4.74 Å². The van der Waals surface area contributed by atoms with Gasteiger partial charge in [-0.25, -0.2) is 0 Å². The smallest absolute Gasteiger partial charge is 0.0637 e. The highest BCUT2D eigenvalue weighted by molar-refractivity contribution is 5.12. The van der Waals surface area contributed by atoms with Gasteiger partial charge in [-0.05, 0) is 131 Å². The fraction of sp³-hybridized carbons (Fsp3) is 1.00. The van der Waals surface area contributed by atoms with Crippen molar-refractivity contribution in [3.8, 4) is 0 Å². The van der Waals surface area contributed by atoms with Crippen molar-refractivity contribution in [1.29, 1.82) is 0 Å². The van der Waals surface area contributed by atoms with Gasteiger partial charge in [-0.1, -0.05) is 104 Å². The van der Waals surface area contributed by atoms with E-state index in [1.807, 2.05) is 0 Å². The lowest BCUT2D eigenvalue weighted by Crippen LogP contribution is -2.58. The summed E-state index contributed by atoms with van der Waals surface area (Å²) in [4.78, 5) is 0. The maximum absolute atomic E-state index is 6.88. The van der Waals surface area contributed by atoms with E-state index in [4.69, 9.17) is 10.5 Å². The topological polar surface area (TPSA) is 47.3 Å². The molecule has 0 heterocycles. The normalized spacial score (nSPS) is 36.0. The maximum Gasteiger partial charge on any atom is 0.0637 e. The average molecular weight is 587 g/mol. The Morgan fingerprint density at radius 2 is 1.40 bits per heavy atom. The second-order valence-electron chi connectivity index (χ2n) is 16.1. The van der Waals surface area contributed by atoms with Gasteiger partial charge in [0, 0.05) is 6.61 Å². The molecule has 6 unspecified atom stereocenters. The van der Waals surface area contributed by atoms with Crippen LogP contribution in [0.25, 0.3) is 0 Å². The summed E-state index contributed by atoms with van der Waals surface area (Å²) in [6.45, 7) is 11.8. The van der Waals surface area contributed by atoms with E-state index in [9.17, 15) is 0 Å². The molecule has 3 N–H and O–H groups in total. The first kappa shape index (κ1) is 34.7. The molecule has 0 aromatic carbocycles. The maximum atomic E-state index is 6.88. The van der Waals surface area contributed by atoms with Gasteiger partial charge in [-0.15, -0.1) is 0 Å². The lowest BCUT2D eigenvalue weighted by molar-refractivity contribution is -0.181. The monoisotopic (exact) mass is 587 g/mol. The van der Waals surface area contributed by atoms with E-state index in [-0.39, 0.29) is 0 Å². The number of hydrogen-bond donors (Lipinski definition) is 2. The van der Waals surface area contributed by atoms with Crippen LogP contribution in [0.3, 0.4) is 0 Å². The molecule has 8 atom stereocenters. The summed E-state index contributed by atoms with van der Waals surface area (Å²) in [5.74, 6) is 4.59. The number of nitrogens with one attached hydrogen (secondary N) is 1. The highest BCUT2D eigenvalue weighted by Crippen LogP contribution is 2.68. The van der Waals surface area contributed by atoms with Crippen LogP contribution in [-0.4, -0.2) is 32.3 Å². The van der Waals surface area contributed by atoms with Gasteiger partial charge in [0.15, 0.2) is 0 Å². The summed E-state index contributed by atoms with van der Waals surface area (Å²) in [7, 11) is 0. The molecule has 0 saturated heterocycles. The lowest BCUT2D eigenvalue weighted by atomic mass is 9.44. The SMILES string of the molecule is CCCCCCCCCCCCCNCCCCC1CCC2[C@@H]3CCC4CCCCC4(C)C3C[C@H](OCCCN)C12C. The van der Waals surface area contributed by atoms with Gasteiger partial charge in [-0.2, -0.15) is 0 Å². The van der Waals surface area contributed by atoms with Gasteiger partial charge in [0.05, 0.1) is 6.10 Å². The van der Waals surface area contributed by atoms with Gasteiger partial charge in [-0.3, -0.25) is 0 Å². The predicted molar refractivity (Wildman–Crippen MR) is 182 cm³/mol. The zero-order chi connectivity index (χ0) is 29.7. The Kier molecular flexibility index (Phi) is 15.0. The molecule has 0 amide bonds. The Hall–Kier alpha value is -0.120. The lowest BCUT2D eigenvalue weighted by Gasteiger charge is -2.62. The zero-order valence-corrected chi connectivity index (χ0v) is 28.7. The quantitative estimate of drug-likeness (QED) is 0.132. The summed E-state index contributed by atoms with van der Waals surface area (Å²) < 4.78 is 6.88. The summed E-state index contributed by atoms with van der Waals surface area (Å²) >= 11 is 0. The van der Waals surface area contributed by atoms with Crippen molar-refractivity contribution >= 4 is 0 Å². The van der Waals surface area contributed by atoms with E-state index in [0.29, 0.717) is 16.9 Å². The van der Waals surface area contributed by atoms with E-state index in [2.05, 4.69) is 26.1 Å². The van der Waals surface area contributed by atoms with Crippen LogP contribution in [0.2, 0.25) is 0 Å². The molecule has 4 aliphatic rings. The van der Waals surface area contributed by atoms with E-state index in [1.54, 1.807) is 0 Å². The van der Waals surface area contributed by atoms with Crippen LogP contribution in [0.15, 0.2) is 0 Å². The fourth-order valence-electron chi connectivity index (χ4n) is 11.1. The van der Waals surface area contributed by atoms with Crippen molar-refractivity contribution in [2.75, 3.05) is 26.2 Å². The molecule has 42 heavy (non-hydrogen) atoms. The van der Waals surface area contributed by atoms with E-state index >= 15 is 0 Å². The molecule has 0 radical (unpaired) electrons. The minimum absolute atomic E-state index is 0.385. The standard InChI is InChI=1S/C39H74N2O/c1-4-5-6-7-8-9-10-11-12-13-17-28-41-29-18-15-21-33-23-25-35-34-24-22-32-20-14-16-26-38(32,2)36(34)31-37(39(33,35)3)42-30-19-27-40/h32-37,41H,4-31,40H2,1-3H3/t32?,33?,34-,35?,36?,37-,38?,39?/m0/s1. The predicted octanol–water partition coefficient (Wildman–Crippen LogP) is 10.5. The van der Waals surface area contributed by atoms with Crippen LogP contribution in [0.5, 0.6) is 0 Å².